The number of aromatic nitrogens is 5. The second kappa shape index (κ2) is 10.6. The van der Waals surface area contributed by atoms with E-state index in [1.54, 1.807) is 21.6 Å². The molecule has 3 aromatic heterocycles. The molecule has 0 bridgehead atoms. The summed E-state index contributed by atoms with van der Waals surface area (Å²) >= 11 is 0. The van der Waals surface area contributed by atoms with Crippen LogP contribution in [-0.2, 0) is 12.1 Å². The zero-order valence-electron chi connectivity index (χ0n) is 23.3. The Balaban J connectivity index is 1.29. The van der Waals surface area contributed by atoms with E-state index in [9.17, 15) is 9.90 Å². The summed E-state index contributed by atoms with van der Waals surface area (Å²) in [4.78, 5) is 29.6. The van der Waals surface area contributed by atoms with Gasteiger partial charge in [0.15, 0.2) is 11.5 Å². The van der Waals surface area contributed by atoms with Gasteiger partial charge in [0, 0.05) is 17.9 Å². The maximum Gasteiger partial charge on any atom is 0.278 e. The minimum absolute atomic E-state index is 0.218. The van der Waals surface area contributed by atoms with Crippen LogP contribution in [0.25, 0.3) is 16.9 Å². The van der Waals surface area contributed by atoms with Crippen molar-refractivity contribution in [2.75, 3.05) is 19.4 Å². The molecule has 0 saturated heterocycles. The third-order valence-corrected chi connectivity index (χ3v) is 8.65. The van der Waals surface area contributed by atoms with Crippen LogP contribution in [0.15, 0.2) is 66.1 Å². The van der Waals surface area contributed by atoms with Gasteiger partial charge < -0.3 is 15.3 Å². The predicted molar refractivity (Wildman–Crippen MR) is 157 cm³/mol. The second-order valence-corrected chi connectivity index (χ2v) is 11.4. The first-order valence-corrected chi connectivity index (χ1v) is 14.2. The van der Waals surface area contributed by atoms with Gasteiger partial charge in [-0.3, -0.25) is 4.79 Å². The first-order valence-electron chi connectivity index (χ1n) is 14.2. The number of nitrogens with one attached hydrogen (secondary N) is 1. The maximum absolute atomic E-state index is 13.3. The summed E-state index contributed by atoms with van der Waals surface area (Å²) in [6.07, 6.45) is 10.4. The normalized spacial score (nSPS) is 20.4. The van der Waals surface area contributed by atoms with E-state index in [1.165, 1.54) is 31.2 Å². The Morgan fingerprint density at radius 3 is 2.50 bits per heavy atom. The van der Waals surface area contributed by atoms with Gasteiger partial charge in [-0.05, 0) is 94.8 Å². The van der Waals surface area contributed by atoms with Gasteiger partial charge in [0.05, 0.1) is 12.2 Å². The highest BCUT2D eigenvalue weighted by molar-refractivity contribution is 5.77. The Hall–Kier alpha value is -3.82. The van der Waals surface area contributed by atoms with E-state index in [-0.39, 0.29) is 12.1 Å². The van der Waals surface area contributed by atoms with Crippen molar-refractivity contribution >= 4 is 22.7 Å². The van der Waals surface area contributed by atoms with Crippen molar-refractivity contribution in [3.63, 3.8) is 0 Å². The Labute approximate surface area is 234 Å². The minimum atomic E-state index is -0.915. The molecule has 1 aromatic carbocycles. The molecule has 3 heterocycles. The van der Waals surface area contributed by atoms with Gasteiger partial charge in [-0.25, -0.2) is 19.3 Å². The number of pyridine rings is 1. The van der Waals surface area contributed by atoms with E-state index in [1.807, 2.05) is 18.2 Å². The quantitative estimate of drug-likeness (QED) is 0.308. The average molecular weight is 540 g/mol. The summed E-state index contributed by atoms with van der Waals surface area (Å²) in [5.41, 5.74) is 2.18. The van der Waals surface area contributed by atoms with E-state index in [0.717, 1.165) is 12.1 Å². The topological polar surface area (TPSA) is 101 Å². The lowest BCUT2D eigenvalue weighted by atomic mass is 9.77. The van der Waals surface area contributed by atoms with Crippen molar-refractivity contribution in [2.45, 2.75) is 69.1 Å². The molecule has 2 N–H and O–H groups in total. The largest absolute Gasteiger partial charge is 0.384 e. The van der Waals surface area contributed by atoms with Crippen LogP contribution in [0.2, 0.25) is 0 Å². The molecule has 2 aliphatic rings. The summed E-state index contributed by atoms with van der Waals surface area (Å²) < 4.78 is 3.25. The number of fused-ring (bicyclic) bond motifs is 1. The molecule has 2 fully saturated rings. The van der Waals surface area contributed by atoms with E-state index in [4.69, 9.17) is 9.97 Å². The Morgan fingerprint density at radius 2 is 1.85 bits per heavy atom. The third kappa shape index (κ3) is 4.84. The van der Waals surface area contributed by atoms with Crippen LogP contribution in [0.4, 0.5) is 11.6 Å². The van der Waals surface area contributed by atoms with E-state index >= 15 is 0 Å². The number of allylic oxidation sites excluding steroid dienone is 1. The number of anilines is 2. The van der Waals surface area contributed by atoms with Crippen LogP contribution in [-0.4, -0.2) is 54.5 Å². The van der Waals surface area contributed by atoms with Gasteiger partial charge in [0.2, 0.25) is 5.95 Å². The van der Waals surface area contributed by atoms with Gasteiger partial charge >= 0.3 is 0 Å². The van der Waals surface area contributed by atoms with E-state index in [0.29, 0.717) is 53.3 Å². The molecular formula is C31H37N7O2. The molecule has 208 valence electrons. The fourth-order valence-corrected chi connectivity index (χ4v) is 6.07. The first-order chi connectivity index (χ1) is 19.4. The van der Waals surface area contributed by atoms with Crippen molar-refractivity contribution in [3.05, 3.63) is 82.9 Å². The van der Waals surface area contributed by atoms with E-state index < -0.39 is 5.60 Å². The first kappa shape index (κ1) is 26.4. The highest BCUT2D eigenvalue weighted by Crippen LogP contribution is 2.40. The molecule has 0 amide bonds. The number of benzene rings is 1. The van der Waals surface area contributed by atoms with E-state index in [2.05, 4.69) is 60.1 Å². The summed E-state index contributed by atoms with van der Waals surface area (Å²) in [5.74, 6) is 1.51. The summed E-state index contributed by atoms with van der Waals surface area (Å²) in [6, 6.07) is 14.7. The van der Waals surface area contributed by atoms with Gasteiger partial charge in [-0.2, -0.15) is 4.98 Å². The van der Waals surface area contributed by atoms with Crippen LogP contribution in [0.5, 0.6) is 0 Å². The summed E-state index contributed by atoms with van der Waals surface area (Å²) in [7, 11) is 4.34. The Morgan fingerprint density at radius 1 is 1.10 bits per heavy atom. The molecule has 9 heteroatoms. The van der Waals surface area contributed by atoms with Crippen LogP contribution in [0, 0.1) is 0 Å². The number of nitrogens with zero attached hydrogens (tertiary/aromatic N) is 6. The lowest BCUT2D eigenvalue weighted by Crippen LogP contribution is -2.35. The Kier molecular flexibility index (Phi) is 7.02. The SMILES string of the molecule is C=CCn1c(=O)c2cnc(Nc3ccc(C4CCC(N(C)C)CC4)cc3)nc2n1-c1cccc(C2(O)CCC2)n1. The molecule has 0 atom stereocenters. The molecule has 40 heavy (non-hydrogen) atoms. The fourth-order valence-electron chi connectivity index (χ4n) is 6.07. The van der Waals surface area contributed by atoms with Gasteiger partial charge in [0.25, 0.3) is 5.56 Å². The molecule has 6 rings (SSSR count). The average Bonchev–Trinajstić information content (AvgIpc) is 3.23. The number of hydrogen-bond acceptors (Lipinski definition) is 7. The van der Waals surface area contributed by atoms with Crippen molar-refractivity contribution in [1.29, 1.82) is 0 Å². The number of hydrogen-bond donors (Lipinski definition) is 2. The number of rotatable bonds is 8. The van der Waals surface area contributed by atoms with Crippen LogP contribution < -0.4 is 10.9 Å². The molecule has 9 nitrogen and oxygen atoms in total. The van der Waals surface area contributed by atoms with Crippen molar-refractivity contribution in [2.24, 2.45) is 0 Å². The standard InChI is InChI=1S/C31H37N7O2/c1-4-19-37-29(39)25-20-32-30(33-23-13-9-21(10-14-23)22-11-15-24(16-12-22)36(2)3)35-28(25)38(37)27-8-5-7-26(34-27)31(40)17-6-18-31/h4-5,7-10,13-14,20,22,24,40H,1,6,11-12,15-19H2,2-3H3,(H,32,33,35). The third-order valence-electron chi connectivity index (χ3n) is 8.65. The maximum atomic E-state index is 13.3. The van der Waals surface area contributed by atoms with Crippen LogP contribution in [0.3, 0.4) is 0 Å². The zero-order valence-corrected chi connectivity index (χ0v) is 23.3. The molecule has 2 aliphatic carbocycles. The molecule has 0 unspecified atom stereocenters. The summed E-state index contributed by atoms with van der Waals surface area (Å²) in [6.45, 7) is 4.11. The fraction of sp³-hybridized carbons (Fsp3) is 0.419. The molecule has 0 spiro atoms. The van der Waals surface area contributed by atoms with Gasteiger partial charge in [-0.1, -0.05) is 24.3 Å². The lowest BCUT2D eigenvalue weighted by molar-refractivity contribution is -0.0426. The van der Waals surface area contributed by atoms with Gasteiger partial charge in [0.1, 0.15) is 11.0 Å². The van der Waals surface area contributed by atoms with Gasteiger partial charge in [-0.15, -0.1) is 6.58 Å². The minimum Gasteiger partial charge on any atom is -0.384 e. The Bertz CT molecular complexity index is 1580. The number of aliphatic hydroxyl groups is 1. The molecule has 0 aliphatic heterocycles. The van der Waals surface area contributed by atoms with Crippen molar-refractivity contribution in [3.8, 4) is 5.82 Å². The predicted octanol–water partition coefficient (Wildman–Crippen LogP) is 4.87. The highest BCUT2D eigenvalue weighted by Gasteiger charge is 2.38. The van der Waals surface area contributed by atoms with Crippen LogP contribution >= 0.6 is 0 Å². The monoisotopic (exact) mass is 539 g/mol. The summed E-state index contributed by atoms with van der Waals surface area (Å²) in [5, 5.41) is 14.6. The highest BCUT2D eigenvalue weighted by atomic mass is 16.3. The molecule has 4 aromatic rings. The molecule has 0 radical (unpaired) electrons. The lowest BCUT2D eigenvalue weighted by Gasteiger charge is -2.36. The van der Waals surface area contributed by atoms with Crippen LogP contribution in [0.1, 0.15) is 62.1 Å². The molecular weight excluding hydrogens is 502 g/mol. The van der Waals surface area contributed by atoms with Crippen molar-refractivity contribution in [1.82, 2.24) is 29.2 Å². The van der Waals surface area contributed by atoms with Crippen molar-refractivity contribution < 1.29 is 5.11 Å². The zero-order chi connectivity index (χ0) is 27.9. The second-order valence-electron chi connectivity index (χ2n) is 11.4. The molecule has 2 saturated carbocycles. The smallest absolute Gasteiger partial charge is 0.278 e.